The number of carbonyl (C=O) groups excluding carboxylic acids is 1. The first kappa shape index (κ1) is 15.4. The van der Waals surface area contributed by atoms with E-state index in [4.69, 9.17) is 0 Å². The predicted octanol–water partition coefficient (Wildman–Crippen LogP) is 3.30. The summed E-state index contributed by atoms with van der Waals surface area (Å²) >= 11 is 0. The molecule has 1 saturated carbocycles. The molecule has 0 heterocycles. The van der Waals surface area contributed by atoms with Crippen LogP contribution in [0, 0.1) is 11.8 Å². The van der Waals surface area contributed by atoms with Gasteiger partial charge in [0.15, 0.2) is 5.78 Å². The van der Waals surface area contributed by atoms with Gasteiger partial charge < -0.3 is 4.74 Å². The van der Waals surface area contributed by atoms with Gasteiger partial charge in [-0.25, -0.2) is 8.78 Å². The minimum atomic E-state index is -4.18. The molecule has 106 valence electrons. The normalized spacial score (nSPS) is 25.4. The van der Waals surface area contributed by atoms with Gasteiger partial charge in [0.2, 0.25) is 0 Å². The molecule has 1 aliphatic rings. The molecule has 0 aliphatic heterocycles. The van der Waals surface area contributed by atoms with E-state index in [1.165, 1.54) is 0 Å². The van der Waals surface area contributed by atoms with E-state index in [9.17, 15) is 22.4 Å². The molecule has 0 N–H and O–H groups in total. The molecule has 1 aliphatic carbocycles. The highest BCUT2D eigenvalue weighted by Gasteiger charge is 2.41. The van der Waals surface area contributed by atoms with Crippen LogP contribution in [0.25, 0.3) is 0 Å². The van der Waals surface area contributed by atoms with Crippen LogP contribution in [0.4, 0.5) is 17.6 Å². The first-order valence-corrected chi connectivity index (χ1v) is 6.09. The number of alkyl halides is 4. The summed E-state index contributed by atoms with van der Waals surface area (Å²) in [6, 6.07) is 0. The molecular weight excluding hydrogens is 252 g/mol. The molecule has 2 atom stereocenters. The van der Waals surface area contributed by atoms with Crippen molar-refractivity contribution in [2.24, 2.45) is 11.8 Å². The van der Waals surface area contributed by atoms with E-state index in [0.29, 0.717) is 5.92 Å². The lowest BCUT2D eigenvalue weighted by atomic mass is 9.80. The molecule has 0 bridgehead atoms. The van der Waals surface area contributed by atoms with Gasteiger partial charge in [-0.3, -0.25) is 4.79 Å². The Kier molecular flexibility index (Phi) is 5.56. The fraction of sp³-hybridized carbons (Fsp3) is 0.917. The lowest BCUT2D eigenvalue weighted by molar-refractivity contribution is -0.169. The molecule has 1 fully saturated rings. The number of carbonyl (C=O) groups is 1. The Labute approximate surface area is 104 Å². The molecule has 0 aromatic carbocycles. The van der Waals surface area contributed by atoms with E-state index in [1.54, 1.807) is 0 Å². The second kappa shape index (κ2) is 6.50. The molecule has 6 heteroatoms. The van der Waals surface area contributed by atoms with Crippen molar-refractivity contribution in [1.82, 2.24) is 0 Å². The van der Waals surface area contributed by atoms with Crippen molar-refractivity contribution >= 4 is 5.78 Å². The Morgan fingerprint density at radius 2 is 2.06 bits per heavy atom. The van der Waals surface area contributed by atoms with Gasteiger partial charge in [-0.05, 0) is 18.8 Å². The quantitative estimate of drug-likeness (QED) is 0.692. The summed E-state index contributed by atoms with van der Waals surface area (Å²) in [6.07, 6.45) is -0.299. The fourth-order valence-corrected chi connectivity index (χ4v) is 2.20. The van der Waals surface area contributed by atoms with E-state index < -0.39 is 25.6 Å². The number of Topliss-reactive ketones (excluding diaryl/α,β-unsaturated/α-hetero) is 1. The van der Waals surface area contributed by atoms with E-state index in [2.05, 4.69) is 4.74 Å². The number of rotatable bonds is 6. The smallest absolute Gasteiger partial charge is 0.330 e. The third-order valence-corrected chi connectivity index (χ3v) is 3.25. The Morgan fingerprint density at radius 1 is 1.39 bits per heavy atom. The lowest BCUT2D eigenvalue weighted by Gasteiger charge is -2.25. The average Bonchev–Trinajstić information content (AvgIpc) is 2.28. The van der Waals surface area contributed by atoms with Gasteiger partial charge >= 0.3 is 12.3 Å². The van der Waals surface area contributed by atoms with Crippen LogP contribution in [0.15, 0.2) is 0 Å². The third-order valence-electron chi connectivity index (χ3n) is 3.25. The van der Waals surface area contributed by atoms with Gasteiger partial charge in [0.1, 0.15) is 13.2 Å². The standard InChI is InChI=1S/C12H18F4O2/c1-8-3-2-4-9(5-8)10(17)6-18-7-12(15,16)11(13)14/h8-9,11H,2-7H2,1H3. The monoisotopic (exact) mass is 270 g/mol. The summed E-state index contributed by atoms with van der Waals surface area (Å²) in [5, 5.41) is 0. The molecular formula is C12H18F4O2. The van der Waals surface area contributed by atoms with Crippen molar-refractivity contribution in [3.63, 3.8) is 0 Å². The highest BCUT2D eigenvalue weighted by atomic mass is 19.3. The Balaban J connectivity index is 2.29. The van der Waals surface area contributed by atoms with Crippen LogP contribution >= 0.6 is 0 Å². The first-order valence-electron chi connectivity index (χ1n) is 6.09. The molecule has 0 spiro atoms. The molecule has 18 heavy (non-hydrogen) atoms. The molecule has 2 nitrogen and oxygen atoms in total. The average molecular weight is 270 g/mol. The van der Waals surface area contributed by atoms with Gasteiger partial charge in [0.05, 0.1) is 0 Å². The minimum Gasteiger partial charge on any atom is -0.367 e. The third kappa shape index (κ3) is 4.55. The first-order chi connectivity index (χ1) is 8.33. The van der Waals surface area contributed by atoms with E-state index in [0.717, 1.165) is 25.7 Å². The van der Waals surface area contributed by atoms with Crippen molar-refractivity contribution in [1.29, 1.82) is 0 Å². The maximum atomic E-state index is 12.5. The van der Waals surface area contributed by atoms with Crippen LogP contribution in [0.2, 0.25) is 0 Å². The van der Waals surface area contributed by atoms with Gasteiger partial charge in [0.25, 0.3) is 0 Å². The molecule has 0 radical (unpaired) electrons. The maximum absolute atomic E-state index is 12.5. The van der Waals surface area contributed by atoms with Gasteiger partial charge in [-0.15, -0.1) is 0 Å². The van der Waals surface area contributed by atoms with Crippen molar-refractivity contribution in [2.45, 2.75) is 45.0 Å². The zero-order valence-corrected chi connectivity index (χ0v) is 10.3. The summed E-state index contributed by atoms with van der Waals surface area (Å²) in [5.74, 6) is -4.17. The van der Waals surface area contributed by atoms with Crippen molar-refractivity contribution in [3.05, 3.63) is 0 Å². The van der Waals surface area contributed by atoms with Crippen LogP contribution < -0.4 is 0 Å². The van der Waals surface area contributed by atoms with Crippen molar-refractivity contribution in [2.75, 3.05) is 13.2 Å². The van der Waals surface area contributed by atoms with Crippen LogP contribution in [0.1, 0.15) is 32.6 Å². The Bertz CT molecular complexity index is 281. The molecule has 0 aromatic rings. The Morgan fingerprint density at radius 3 is 2.61 bits per heavy atom. The number of halogens is 4. The summed E-state index contributed by atoms with van der Waals surface area (Å²) in [4.78, 5) is 11.6. The second-order valence-electron chi connectivity index (χ2n) is 4.99. The highest BCUT2D eigenvalue weighted by molar-refractivity contribution is 5.82. The van der Waals surface area contributed by atoms with E-state index in [1.807, 2.05) is 6.92 Å². The van der Waals surface area contributed by atoms with Crippen LogP contribution in [0.3, 0.4) is 0 Å². The zero-order valence-electron chi connectivity index (χ0n) is 10.3. The van der Waals surface area contributed by atoms with Crippen LogP contribution in [-0.4, -0.2) is 31.3 Å². The van der Waals surface area contributed by atoms with Crippen LogP contribution in [-0.2, 0) is 9.53 Å². The molecule has 0 saturated heterocycles. The van der Waals surface area contributed by atoms with Crippen molar-refractivity contribution < 1.29 is 27.1 Å². The lowest BCUT2D eigenvalue weighted by Crippen LogP contribution is -2.34. The summed E-state index contributed by atoms with van der Waals surface area (Å²) < 4.78 is 53.1. The zero-order chi connectivity index (χ0) is 13.8. The topological polar surface area (TPSA) is 26.3 Å². The Hall–Kier alpha value is -0.650. The van der Waals surface area contributed by atoms with Crippen LogP contribution in [0.5, 0.6) is 0 Å². The fourth-order valence-electron chi connectivity index (χ4n) is 2.20. The maximum Gasteiger partial charge on any atom is 0.330 e. The predicted molar refractivity (Wildman–Crippen MR) is 57.9 cm³/mol. The van der Waals surface area contributed by atoms with Crippen molar-refractivity contribution in [3.8, 4) is 0 Å². The van der Waals surface area contributed by atoms with Gasteiger partial charge in [-0.1, -0.05) is 19.8 Å². The summed E-state index contributed by atoms with van der Waals surface area (Å²) in [5.41, 5.74) is 0. The molecule has 2 unspecified atom stereocenters. The van der Waals surface area contributed by atoms with Gasteiger partial charge in [0, 0.05) is 5.92 Å². The summed E-state index contributed by atoms with van der Waals surface area (Å²) in [7, 11) is 0. The number of ether oxygens (including phenoxy) is 1. The number of hydrogen-bond acceptors (Lipinski definition) is 2. The number of hydrogen-bond donors (Lipinski definition) is 0. The van der Waals surface area contributed by atoms with Gasteiger partial charge in [-0.2, -0.15) is 8.78 Å². The minimum absolute atomic E-state index is 0.172. The largest absolute Gasteiger partial charge is 0.367 e. The molecule has 0 amide bonds. The highest BCUT2D eigenvalue weighted by Crippen LogP contribution is 2.29. The molecule has 1 rings (SSSR count). The summed E-state index contributed by atoms with van der Waals surface area (Å²) in [6.45, 7) is 0.129. The molecule has 0 aromatic heterocycles. The second-order valence-corrected chi connectivity index (χ2v) is 4.99. The van der Waals surface area contributed by atoms with E-state index >= 15 is 0 Å². The van der Waals surface area contributed by atoms with E-state index in [-0.39, 0.29) is 11.7 Å². The number of ketones is 1. The SMILES string of the molecule is CC1CCCC(C(=O)COCC(F)(F)C(F)F)C1.